The number of amides is 2. The summed E-state index contributed by atoms with van der Waals surface area (Å²) in [6, 6.07) is 9.83. The molecular formula is C17H13NO5S. The summed E-state index contributed by atoms with van der Waals surface area (Å²) in [5.41, 5.74) is 0.529. The zero-order valence-corrected chi connectivity index (χ0v) is 13.6. The molecule has 0 N–H and O–H groups in total. The lowest BCUT2D eigenvalue weighted by Gasteiger charge is -2.12. The van der Waals surface area contributed by atoms with E-state index in [0.717, 1.165) is 9.78 Å². The van der Waals surface area contributed by atoms with Crippen LogP contribution in [0.5, 0.6) is 0 Å². The Labute approximate surface area is 141 Å². The third-order valence-corrected chi connectivity index (χ3v) is 4.59. The van der Waals surface area contributed by atoms with Gasteiger partial charge in [-0.2, -0.15) is 0 Å². The molecule has 7 heteroatoms. The first kappa shape index (κ1) is 16.1. The Bertz CT molecular complexity index is 819. The third kappa shape index (κ3) is 2.98. The molecule has 24 heavy (non-hydrogen) atoms. The number of benzene rings is 1. The maximum absolute atomic E-state index is 12.1. The average molecular weight is 343 g/mol. The minimum Gasteiger partial charge on any atom is -0.456 e. The summed E-state index contributed by atoms with van der Waals surface area (Å²) in [6.45, 7) is 0.945. The molecule has 2 heterocycles. The summed E-state index contributed by atoms with van der Waals surface area (Å²) in [4.78, 5) is 50.3. The highest BCUT2D eigenvalue weighted by Gasteiger charge is 2.36. The van der Waals surface area contributed by atoms with Crippen molar-refractivity contribution < 1.29 is 23.9 Å². The fraction of sp³-hybridized carbons (Fsp3) is 0.176. The number of Topliss-reactive ketones (excluding diaryl/α,β-unsaturated/α-hetero) is 1. The molecule has 1 aromatic carbocycles. The number of hydrogen-bond acceptors (Lipinski definition) is 6. The third-order valence-electron chi connectivity index (χ3n) is 3.54. The highest BCUT2D eigenvalue weighted by molar-refractivity contribution is 7.14. The van der Waals surface area contributed by atoms with E-state index in [-0.39, 0.29) is 16.9 Å². The zero-order chi connectivity index (χ0) is 17.3. The summed E-state index contributed by atoms with van der Waals surface area (Å²) < 4.78 is 4.90. The average Bonchev–Trinajstić information content (AvgIpc) is 3.11. The van der Waals surface area contributed by atoms with Crippen molar-refractivity contribution in [3.63, 3.8) is 0 Å². The van der Waals surface area contributed by atoms with Crippen LogP contribution in [0, 0.1) is 6.92 Å². The topological polar surface area (TPSA) is 80.8 Å². The van der Waals surface area contributed by atoms with Crippen LogP contribution in [-0.4, -0.2) is 41.6 Å². The summed E-state index contributed by atoms with van der Waals surface area (Å²) in [6.07, 6.45) is 0. The molecule has 2 aromatic rings. The second-order valence-electron chi connectivity index (χ2n) is 5.24. The number of carbonyl (C=O) groups is 4. The molecule has 1 aliphatic rings. The maximum atomic E-state index is 12.1. The number of nitrogens with zero attached hydrogens (tertiary/aromatic N) is 1. The molecule has 0 atom stereocenters. The van der Waals surface area contributed by atoms with E-state index in [4.69, 9.17) is 4.74 Å². The summed E-state index contributed by atoms with van der Waals surface area (Å²) in [5, 5.41) is 0. The van der Waals surface area contributed by atoms with Gasteiger partial charge in [-0.15, -0.1) is 11.3 Å². The number of imide groups is 1. The van der Waals surface area contributed by atoms with Crippen molar-refractivity contribution in [1.82, 2.24) is 4.90 Å². The normalized spacial score (nSPS) is 13.1. The van der Waals surface area contributed by atoms with Crippen LogP contribution in [0.15, 0.2) is 36.4 Å². The Balaban J connectivity index is 1.59. The highest BCUT2D eigenvalue weighted by atomic mass is 32.1. The Morgan fingerprint density at radius 2 is 1.67 bits per heavy atom. The van der Waals surface area contributed by atoms with Gasteiger partial charge < -0.3 is 4.74 Å². The minimum atomic E-state index is -0.800. The van der Waals surface area contributed by atoms with Crippen molar-refractivity contribution >= 4 is 34.9 Å². The van der Waals surface area contributed by atoms with Crippen LogP contribution in [0.3, 0.4) is 0 Å². The first-order chi connectivity index (χ1) is 11.5. The van der Waals surface area contributed by atoms with E-state index in [9.17, 15) is 19.2 Å². The quantitative estimate of drug-likeness (QED) is 0.472. The molecule has 6 nitrogen and oxygen atoms in total. The van der Waals surface area contributed by atoms with E-state index in [1.165, 1.54) is 23.5 Å². The van der Waals surface area contributed by atoms with Gasteiger partial charge in [0.15, 0.2) is 6.61 Å². The summed E-state index contributed by atoms with van der Waals surface area (Å²) in [5.74, 6) is -2.18. The fourth-order valence-corrected chi connectivity index (χ4v) is 3.15. The number of esters is 1. The van der Waals surface area contributed by atoms with Gasteiger partial charge in [-0.25, -0.2) is 0 Å². The zero-order valence-electron chi connectivity index (χ0n) is 12.8. The van der Waals surface area contributed by atoms with E-state index in [1.54, 1.807) is 24.3 Å². The van der Waals surface area contributed by atoms with E-state index in [0.29, 0.717) is 4.88 Å². The highest BCUT2D eigenvalue weighted by Crippen LogP contribution is 2.22. The van der Waals surface area contributed by atoms with Gasteiger partial charge in [0.05, 0.1) is 16.0 Å². The van der Waals surface area contributed by atoms with Crippen LogP contribution in [0.1, 0.15) is 35.3 Å². The van der Waals surface area contributed by atoms with Crippen LogP contribution < -0.4 is 0 Å². The smallest absolute Gasteiger partial charge is 0.326 e. The van der Waals surface area contributed by atoms with Crippen molar-refractivity contribution in [2.24, 2.45) is 0 Å². The van der Waals surface area contributed by atoms with Crippen molar-refractivity contribution in [3.05, 3.63) is 57.3 Å². The van der Waals surface area contributed by atoms with Gasteiger partial charge in [0.25, 0.3) is 11.8 Å². The molecule has 1 aliphatic heterocycles. The number of carbonyl (C=O) groups excluding carboxylic acids is 4. The van der Waals surface area contributed by atoms with Crippen LogP contribution in [0.4, 0.5) is 0 Å². The van der Waals surface area contributed by atoms with Crippen LogP contribution in [0.25, 0.3) is 0 Å². The van der Waals surface area contributed by atoms with Gasteiger partial charge in [0.2, 0.25) is 5.78 Å². The van der Waals surface area contributed by atoms with E-state index < -0.39 is 30.9 Å². The van der Waals surface area contributed by atoms with Gasteiger partial charge in [0, 0.05) is 4.88 Å². The molecule has 1 aromatic heterocycles. The van der Waals surface area contributed by atoms with Gasteiger partial charge in [-0.3, -0.25) is 24.1 Å². The number of ketones is 1. The molecule has 0 fully saturated rings. The Morgan fingerprint density at radius 1 is 1.04 bits per heavy atom. The molecule has 0 saturated heterocycles. The minimum absolute atomic E-state index is 0.264. The molecule has 2 amide bonds. The number of ether oxygens (including phenoxy) is 1. The summed E-state index contributed by atoms with van der Waals surface area (Å²) in [7, 11) is 0. The first-order valence-corrected chi connectivity index (χ1v) is 7.99. The molecule has 0 radical (unpaired) electrons. The lowest BCUT2D eigenvalue weighted by molar-refractivity contribution is -0.142. The standard InChI is InChI=1S/C17H13NO5S/c1-10-6-7-14(24-10)13(19)9-23-15(20)8-18-16(21)11-4-2-3-5-12(11)17(18)22/h2-7H,8-9H2,1H3. The molecule has 0 bridgehead atoms. The van der Waals surface area contributed by atoms with E-state index in [1.807, 2.05) is 6.92 Å². The lowest BCUT2D eigenvalue weighted by atomic mass is 10.1. The molecular weight excluding hydrogens is 330 g/mol. The Hall–Kier alpha value is -2.80. The molecule has 3 rings (SSSR count). The fourth-order valence-electron chi connectivity index (χ4n) is 2.36. The molecule has 0 aliphatic carbocycles. The van der Waals surface area contributed by atoms with E-state index >= 15 is 0 Å². The van der Waals surface area contributed by atoms with Gasteiger partial charge in [-0.05, 0) is 31.2 Å². The summed E-state index contributed by atoms with van der Waals surface area (Å²) >= 11 is 1.31. The van der Waals surface area contributed by atoms with Gasteiger partial charge >= 0.3 is 5.97 Å². The number of fused-ring (bicyclic) bond motifs is 1. The molecule has 0 unspecified atom stereocenters. The monoisotopic (exact) mass is 343 g/mol. The SMILES string of the molecule is Cc1ccc(C(=O)COC(=O)CN2C(=O)c3ccccc3C2=O)s1. The second-order valence-corrected chi connectivity index (χ2v) is 6.52. The van der Waals surface area contributed by atoms with Crippen molar-refractivity contribution in [1.29, 1.82) is 0 Å². The van der Waals surface area contributed by atoms with Gasteiger partial charge in [0.1, 0.15) is 6.54 Å². The number of aryl methyl sites for hydroxylation is 1. The Kier molecular flexibility index (Phi) is 4.26. The maximum Gasteiger partial charge on any atom is 0.326 e. The second kappa shape index (κ2) is 6.37. The number of hydrogen-bond donors (Lipinski definition) is 0. The Morgan fingerprint density at radius 3 is 2.21 bits per heavy atom. The molecule has 122 valence electrons. The lowest BCUT2D eigenvalue weighted by Crippen LogP contribution is -2.36. The number of thiophene rings is 1. The predicted molar refractivity (Wildman–Crippen MR) is 86.2 cm³/mol. The van der Waals surface area contributed by atoms with Crippen LogP contribution in [-0.2, 0) is 9.53 Å². The van der Waals surface area contributed by atoms with Crippen molar-refractivity contribution in [3.8, 4) is 0 Å². The predicted octanol–water partition coefficient (Wildman–Crippen LogP) is 2.08. The number of rotatable bonds is 5. The van der Waals surface area contributed by atoms with Crippen molar-refractivity contribution in [2.75, 3.05) is 13.2 Å². The largest absolute Gasteiger partial charge is 0.456 e. The van der Waals surface area contributed by atoms with Crippen LogP contribution in [0.2, 0.25) is 0 Å². The van der Waals surface area contributed by atoms with E-state index in [2.05, 4.69) is 0 Å². The molecule has 0 spiro atoms. The molecule has 0 saturated carbocycles. The van der Waals surface area contributed by atoms with Gasteiger partial charge in [-0.1, -0.05) is 12.1 Å². The van der Waals surface area contributed by atoms with Crippen LogP contribution >= 0.6 is 11.3 Å². The first-order valence-electron chi connectivity index (χ1n) is 7.18. The van der Waals surface area contributed by atoms with Crippen molar-refractivity contribution in [2.45, 2.75) is 6.92 Å².